The highest BCUT2D eigenvalue weighted by Gasteiger charge is 2.10. The third kappa shape index (κ3) is 3.32. The number of hydrogen-bond acceptors (Lipinski definition) is 3. The molecule has 0 bridgehead atoms. The normalized spacial score (nSPS) is 14.2. The number of hydrazine groups is 1. The number of guanidine groups is 1. The first-order valence-corrected chi connectivity index (χ1v) is 5.21. The number of thioether (sulfide) groups is 1. The Morgan fingerprint density at radius 2 is 2.33 bits per heavy atom. The second-order valence-corrected chi connectivity index (χ2v) is 3.52. The largest absolute Gasteiger partial charge is 0.341 e. The van der Waals surface area contributed by atoms with Gasteiger partial charge in [0.05, 0.1) is 0 Å². The number of rotatable bonds is 3. The predicted molar refractivity (Wildman–Crippen MR) is 56.3 cm³/mol. The molecule has 0 aromatic rings. The van der Waals surface area contributed by atoms with Crippen molar-refractivity contribution in [2.75, 3.05) is 26.1 Å². The van der Waals surface area contributed by atoms with Crippen LogP contribution in [0.4, 0.5) is 0 Å². The number of nitrogens with zero attached hydrogens (tertiary/aromatic N) is 2. The van der Waals surface area contributed by atoms with Crippen molar-refractivity contribution >= 4 is 17.7 Å². The summed E-state index contributed by atoms with van der Waals surface area (Å²) in [6.45, 7) is 2.14. The molecule has 0 fully saturated rings. The van der Waals surface area contributed by atoms with E-state index in [2.05, 4.69) is 23.6 Å². The molecular formula is C7H18N4S. The van der Waals surface area contributed by atoms with E-state index in [9.17, 15) is 0 Å². The van der Waals surface area contributed by atoms with Crippen LogP contribution in [0, 0.1) is 0 Å². The van der Waals surface area contributed by atoms with Crippen molar-refractivity contribution in [1.82, 2.24) is 10.3 Å². The van der Waals surface area contributed by atoms with Gasteiger partial charge in [0, 0.05) is 25.9 Å². The molecule has 0 aliphatic rings. The Morgan fingerprint density at radius 1 is 1.75 bits per heavy atom. The van der Waals surface area contributed by atoms with Crippen LogP contribution >= 0.6 is 11.8 Å². The number of aliphatic imine (C=N–C) groups is 1. The molecule has 0 saturated heterocycles. The molecular weight excluding hydrogens is 172 g/mol. The Hall–Kier alpha value is -0.420. The highest BCUT2D eigenvalue weighted by Crippen LogP contribution is 2.03. The third-order valence-electron chi connectivity index (χ3n) is 1.74. The highest BCUT2D eigenvalue weighted by atomic mass is 32.2. The third-order valence-corrected chi connectivity index (χ3v) is 2.56. The van der Waals surface area contributed by atoms with Gasteiger partial charge in [0.15, 0.2) is 0 Å². The second kappa shape index (κ2) is 6.14. The van der Waals surface area contributed by atoms with Crippen molar-refractivity contribution in [2.45, 2.75) is 13.0 Å². The summed E-state index contributed by atoms with van der Waals surface area (Å²) in [5.41, 5.74) is 2.56. The molecule has 0 spiro atoms. The molecule has 12 heavy (non-hydrogen) atoms. The Balaban J connectivity index is 4.06. The van der Waals surface area contributed by atoms with Crippen LogP contribution in [0.15, 0.2) is 4.99 Å². The summed E-state index contributed by atoms with van der Waals surface area (Å²) in [4.78, 5) is 6.03. The fraction of sp³-hybridized carbons (Fsp3) is 0.857. The quantitative estimate of drug-likeness (QED) is 0.287. The van der Waals surface area contributed by atoms with E-state index in [1.807, 2.05) is 23.7 Å². The average Bonchev–Trinajstić information content (AvgIpc) is 2.07. The van der Waals surface area contributed by atoms with Crippen molar-refractivity contribution in [3.63, 3.8) is 0 Å². The number of hydrogen-bond donors (Lipinski definition) is 2. The van der Waals surface area contributed by atoms with Gasteiger partial charge in [0.2, 0.25) is 5.96 Å². The van der Waals surface area contributed by atoms with Gasteiger partial charge in [-0.3, -0.25) is 10.4 Å². The summed E-state index contributed by atoms with van der Waals surface area (Å²) in [5, 5.41) is 0. The van der Waals surface area contributed by atoms with E-state index in [4.69, 9.17) is 5.84 Å². The number of nitrogens with two attached hydrogens (primary N) is 1. The van der Waals surface area contributed by atoms with Crippen molar-refractivity contribution in [2.24, 2.45) is 10.8 Å². The number of nitrogens with one attached hydrogen (secondary N) is 1. The van der Waals surface area contributed by atoms with Gasteiger partial charge in [-0.25, -0.2) is 5.84 Å². The zero-order chi connectivity index (χ0) is 9.56. The molecule has 0 rings (SSSR count). The topological polar surface area (TPSA) is 53.6 Å². The maximum absolute atomic E-state index is 5.29. The van der Waals surface area contributed by atoms with Gasteiger partial charge in [0.1, 0.15) is 0 Å². The van der Waals surface area contributed by atoms with Crippen LogP contribution in [0.1, 0.15) is 6.92 Å². The molecule has 5 heteroatoms. The van der Waals surface area contributed by atoms with E-state index in [-0.39, 0.29) is 0 Å². The van der Waals surface area contributed by atoms with Crippen LogP contribution < -0.4 is 11.3 Å². The van der Waals surface area contributed by atoms with Crippen LogP contribution in [-0.2, 0) is 0 Å². The summed E-state index contributed by atoms with van der Waals surface area (Å²) in [6.07, 6.45) is 2.09. The Bertz CT molecular complexity index is 148. The summed E-state index contributed by atoms with van der Waals surface area (Å²) in [5.74, 6) is 7.07. The maximum Gasteiger partial charge on any atom is 0.208 e. The van der Waals surface area contributed by atoms with Gasteiger partial charge in [0.25, 0.3) is 0 Å². The smallest absolute Gasteiger partial charge is 0.208 e. The molecule has 0 aliphatic carbocycles. The van der Waals surface area contributed by atoms with E-state index in [1.165, 1.54) is 0 Å². The van der Waals surface area contributed by atoms with E-state index < -0.39 is 0 Å². The van der Waals surface area contributed by atoms with Crippen LogP contribution in [-0.4, -0.2) is 43.0 Å². The summed E-state index contributed by atoms with van der Waals surface area (Å²) < 4.78 is 0. The predicted octanol–water partition coefficient (Wildman–Crippen LogP) is 0.119. The minimum atomic E-state index is 0.440. The average molecular weight is 190 g/mol. The monoisotopic (exact) mass is 190 g/mol. The van der Waals surface area contributed by atoms with Gasteiger partial charge < -0.3 is 4.90 Å². The van der Waals surface area contributed by atoms with E-state index in [0.29, 0.717) is 6.04 Å². The summed E-state index contributed by atoms with van der Waals surface area (Å²) in [6, 6.07) is 0.440. The molecule has 1 unspecified atom stereocenters. The van der Waals surface area contributed by atoms with Crippen LogP contribution in [0.2, 0.25) is 0 Å². The molecule has 0 heterocycles. The fourth-order valence-electron chi connectivity index (χ4n) is 0.886. The SMILES string of the molecule is CN=C(NN)N(C)C(C)CSC. The van der Waals surface area contributed by atoms with Gasteiger partial charge in [-0.1, -0.05) is 0 Å². The van der Waals surface area contributed by atoms with Gasteiger partial charge in [-0.15, -0.1) is 0 Å². The summed E-state index contributed by atoms with van der Waals surface area (Å²) >= 11 is 1.81. The Kier molecular flexibility index (Phi) is 5.92. The molecule has 0 radical (unpaired) electrons. The lowest BCUT2D eigenvalue weighted by molar-refractivity contribution is 0.408. The Labute approximate surface area is 78.6 Å². The first-order valence-electron chi connectivity index (χ1n) is 3.82. The summed E-state index contributed by atoms with van der Waals surface area (Å²) in [7, 11) is 3.70. The van der Waals surface area contributed by atoms with Crippen LogP contribution in [0.25, 0.3) is 0 Å². The lowest BCUT2D eigenvalue weighted by atomic mass is 10.3. The highest BCUT2D eigenvalue weighted by molar-refractivity contribution is 7.98. The van der Waals surface area contributed by atoms with E-state index in [1.54, 1.807) is 7.05 Å². The van der Waals surface area contributed by atoms with E-state index in [0.717, 1.165) is 11.7 Å². The first-order chi connectivity index (χ1) is 5.67. The molecule has 3 N–H and O–H groups in total. The molecule has 4 nitrogen and oxygen atoms in total. The van der Waals surface area contributed by atoms with Gasteiger partial charge >= 0.3 is 0 Å². The molecule has 0 saturated carbocycles. The Morgan fingerprint density at radius 3 is 2.67 bits per heavy atom. The first kappa shape index (κ1) is 11.6. The van der Waals surface area contributed by atoms with Gasteiger partial charge in [-0.2, -0.15) is 11.8 Å². The minimum Gasteiger partial charge on any atom is -0.341 e. The zero-order valence-corrected chi connectivity index (χ0v) is 8.98. The molecule has 72 valence electrons. The van der Waals surface area contributed by atoms with Crippen LogP contribution in [0.3, 0.4) is 0 Å². The second-order valence-electron chi connectivity index (χ2n) is 2.61. The van der Waals surface area contributed by atoms with Crippen molar-refractivity contribution in [1.29, 1.82) is 0 Å². The molecule has 0 aromatic heterocycles. The lowest BCUT2D eigenvalue weighted by Crippen LogP contribution is -2.47. The van der Waals surface area contributed by atoms with Crippen molar-refractivity contribution in [3.05, 3.63) is 0 Å². The lowest BCUT2D eigenvalue weighted by Gasteiger charge is -2.26. The molecule has 0 amide bonds. The fourth-order valence-corrected chi connectivity index (χ4v) is 1.59. The molecule has 0 aliphatic heterocycles. The minimum absolute atomic E-state index is 0.440. The van der Waals surface area contributed by atoms with Crippen molar-refractivity contribution < 1.29 is 0 Å². The zero-order valence-electron chi connectivity index (χ0n) is 8.16. The standard InChI is InChI=1S/C7H18N4S/c1-6(5-12-4)11(3)7(9-2)10-8/h6H,5,8H2,1-4H3,(H,9,10). The maximum atomic E-state index is 5.29. The molecule has 0 aromatic carbocycles. The van der Waals surface area contributed by atoms with E-state index >= 15 is 0 Å². The van der Waals surface area contributed by atoms with Gasteiger partial charge in [-0.05, 0) is 13.2 Å². The molecule has 1 atom stereocenters. The van der Waals surface area contributed by atoms with Crippen LogP contribution in [0.5, 0.6) is 0 Å². The van der Waals surface area contributed by atoms with Crippen molar-refractivity contribution in [3.8, 4) is 0 Å².